The molecule has 0 aliphatic rings. The highest BCUT2D eigenvalue weighted by Gasteiger charge is 2.09. The van der Waals surface area contributed by atoms with Crippen LogP contribution in [0.5, 0.6) is 0 Å². The lowest BCUT2D eigenvalue weighted by Gasteiger charge is -2.14. The molecule has 0 fully saturated rings. The van der Waals surface area contributed by atoms with Crippen LogP contribution in [0.2, 0.25) is 0 Å². The molecule has 1 aromatic heterocycles. The number of aromatic nitrogens is 2. The second kappa shape index (κ2) is 4.22. The zero-order valence-electron chi connectivity index (χ0n) is 9.20. The molecule has 4 heteroatoms. The topological polar surface area (TPSA) is 20.7 Å². The van der Waals surface area contributed by atoms with Crippen LogP contribution in [-0.2, 0) is 0 Å². The van der Waals surface area contributed by atoms with Crippen LogP contribution in [-0.4, -0.2) is 9.55 Å². The Morgan fingerprint density at radius 3 is 2.75 bits per heavy atom. The Balaban J connectivity index is 2.42. The van der Waals surface area contributed by atoms with Crippen LogP contribution in [0.25, 0.3) is 0 Å². The Hall–Kier alpha value is -1.42. The van der Waals surface area contributed by atoms with Crippen LogP contribution in [0.3, 0.4) is 0 Å². The smallest absolute Gasteiger partial charge is 0.177 e. The lowest BCUT2D eigenvalue weighted by molar-refractivity contribution is 0.595. The first-order chi connectivity index (χ1) is 7.59. The number of hydrogen-bond acceptors (Lipinski definition) is 1. The Morgan fingerprint density at radius 1 is 1.44 bits per heavy atom. The highest BCUT2D eigenvalue weighted by molar-refractivity contribution is 7.71. The summed E-state index contributed by atoms with van der Waals surface area (Å²) in [5, 5.41) is 0. The van der Waals surface area contributed by atoms with E-state index in [9.17, 15) is 4.39 Å². The Kier molecular flexibility index (Phi) is 2.92. The molecule has 0 saturated heterocycles. The molecule has 16 heavy (non-hydrogen) atoms. The van der Waals surface area contributed by atoms with Crippen molar-refractivity contribution in [2.45, 2.75) is 19.9 Å². The summed E-state index contributed by atoms with van der Waals surface area (Å²) < 4.78 is 16.0. The summed E-state index contributed by atoms with van der Waals surface area (Å²) in [4.78, 5) is 2.93. The molecule has 1 aromatic carbocycles. The number of nitrogens with zero attached hydrogens (tertiary/aromatic N) is 1. The predicted molar refractivity (Wildman–Crippen MR) is 64.6 cm³/mol. The number of H-pyrrole nitrogens is 1. The van der Waals surface area contributed by atoms with E-state index in [1.807, 2.05) is 23.8 Å². The lowest BCUT2D eigenvalue weighted by Crippen LogP contribution is -2.06. The first-order valence-corrected chi connectivity index (χ1v) is 5.52. The quantitative estimate of drug-likeness (QED) is 0.790. The van der Waals surface area contributed by atoms with Crippen molar-refractivity contribution in [3.8, 4) is 0 Å². The van der Waals surface area contributed by atoms with Crippen LogP contribution < -0.4 is 0 Å². The maximum absolute atomic E-state index is 13.4. The molecule has 0 aliphatic carbocycles. The molecule has 2 aromatic rings. The number of aryl methyl sites for hydroxylation is 1. The van der Waals surface area contributed by atoms with Crippen LogP contribution >= 0.6 is 12.2 Å². The van der Waals surface area contributed by atoms with Gasteiger partial charge in [-0.1, -0.05) is 12.1 Å². The Morgan fingerprint density at radius 2 is 2.19 bits per heavy atom. The number of imidazole rings is 1. The van der Waals surface area contributed by atoms with Crippen LogP contribution in [0, 0.1) is 17.5 Å². The van der Waals surface area contributed by atoms with Gasteiger partial charge in [0.05, 0.1) is 6.04 Å². The van der Waals surface area contributed by atoms with Gasteiger partial charge in [0.15, 0.2) is 4.77 Å². The number of nitrogens with one attached hydrogen (secondary N) is 1. The monoisotopic (exact) mass is 236 g/mol. The van der Waals surface area contributed by atoms with Gasteiger partial charge in [0.2, 0.25) is 0 Å². The van der Waals surface area contributed by atoms with Gasteiger partial charge in [0, 0.05) is 12.4 Å². The van der Waals surface area contributed by atoms with Gasteiger partial charge in [-0.05, 0) is 43.3 Å². The summed E-state index contributed by atoms with van der Waals surface area (Å²) in [5.41, 5.74) is 1.58. The second-order valence-electron chi connectivity index (χ2n) is 3.86. The lowest BCUT2D eigenvalue weighted by atomic mass is 10.1. The molecule has 1 N–H and O–H groups in total. The van der Waals surface area contributed by atoms with E-state index in [2.05, 4.69) is 4.98 Å². The molecule has 84 valence electrons. The van der Waals surface area contributed by atoms with Crippen molar-refractivity contribution in [2.24, 2.45) is 0 Å². The van der Waals surface area contributed by atoms with Crippen molar-refractivity contribution in [1.29, 1.82) is 0 Å². The Labute approximate surface area is 98.7 Å². The van der Waals surface area contributed by atoms with Crippen molar-refractivity contribution in [2.75, 3.05) is 0 Å². The molecule has 0 bridgehead atoms. The van der Waals surface area contributed by atoms with Gasteiger partial charge in [-0.15, -0.1) is 0 Å². The summed E-state index contributed by atoms with van der Waals surface area (Å²) in [5.74, 6) is -0.175. The van der Waals surface area contributed by atoms with Gasteiger partial charge in [0.25, 0.3) is 0 Å². The molecule has 0 spiro atoms. The van der Waals surface area contributed by atoms with Gasteiger partial charge in [0.1, 0.15) is 5.82 Å². The highest BCUT2D eigenvalue weighted by Crippen LogP contribution is 2.20. The van der Waals surface area contributed by atoms with E-state index in [0.717, 1.165) is 5.56 Å². The maximum atomic E-state index is 13.4. The average Bonchev–Trinajstić information content (AvgIpc) is 2.67. The van der Waals surface area contributed by atoms with Crippen molar-refractivity contribution in [3.05, 3.63) is 52.3 Å². The molecule has 1 atom stereocenters. The highest BCUT2D eigenvalue weighted by atomic mass is 32.1. The number of halogens is 1. The largest absolute Gasteiger partial charge is 0.337 e. The maximum Gasteiger partial charge on any atom is 0.177 e. The fraction of sp³-hybridized carbons (Fsp3) is 0.250. The number of hydrogen-bond donors (Lipinski definition) is 1. The van der Waals surface area contributed by atoms with Crippen LogP contribution in [0.1, 0.15) is 24.1 Å². The third-order valence-electron chi connectivity index (χ3n) is 2.77. The van der Waals surface area contributed by atoms with E-state index < -0.39 is 0 Å². The average molecular weight is 236 g/mol. The van der Waals surface area contributed by atoms with Crippen molar-refractivity contribution < 1.29 is 4.39 Å². The molecule has 1 heterocycles. The van der Waals surface area contributed by atoms with Crippen molar-refractivity contribution in [3.63, 3.8) is 0 Å². The molecule has 0 aliphatic heterocycles. The minimum absolute atomic E-state index is 0.0360. The summed E-state index contributed by atoms with van der Waals surface area (Å²) >= 11 is 5.13. The zero-order valence-corrected chi connectivity index (χ0v) is 10.0. The summed E-state index contributed by atoms with van der Waals surface area (Å²) in [6.07, 6.45) is 3.65. The minimum Gasteiger partial charge on any atom is -0.337 e. The first kappa shape index (κ1) is 11.1. The number of benzene rings is 1. The molecule has 1 unspecified atom stereocenters. The summed E-state index contributed by atoms with van der Waals surface area (Å²) in [7, 11) is 0. The molecule has 2 rings (SSSR count). The standard InChI is InChI=1S/C12H13FN2S/c1-8-3-4-10(7-11(8)13)9(2)15-6-5-14-12(15)16/h3-7,9H,1-2H3,(H,14,16). The van der Waals surface area contributed by atoms with Crippen LogP contribution in [0.15, 0.2) is 30.6 Å². The van der Waals surface area contributed by atoms with Crippen LogP contribution in [0.4, 0.5) is 4.39 Å². The zero-order chi connectivity index (χ0) is 11.7. The fourth-order valence-corrected chi connectivity index (χ4v) is 1.95. The molecular formula is C12H13FN2S. The van der Waals surface area contributed by atoms with E-state index >= 15 is 0 Å². The Bertz CT molecular complexity index is 556. The molecule has 0 radical (unpaired) electrons. The minimum atomic E-state index is -0.175. The van der Waals surface area contributed by atoms with E-state index in [0.29, 0.717) is 10.3 Å². The van der Waals surface area contributed by atoms with Crippen molar-refractivity contribution in [1.82, 2.24) is 9.55 Å². The summed E-state index contributed by atoms with van der Waals surface area (Å²) in [6.45, 7) is 3.75. The van der Waals surface area contributed by atoms with Gasteiger partial charge >= 0.3 is 0 Å². The third kappa shape index (κ3) is 1.93. The van der Waals surface area contributed by atoms with E-state index in [1.54, 1.807) is 25.3 Å². The van der Waals surface area contributed by atoms with Gasteiger partial charge in [-0.2, -0.15) is 0 Å². The molecule has 0 amide bonds. The normalized spacial score (nSPS) is 12.7. The predicted octanol–water partition coefficient (Wildman–Crippen LogP) is 3.60. The van der Waals surface area contributed by atoms with E-state index in [4.69, 9.17) is 12.2 Å². The molecular weight excluding hydrogens is 223 g/mol. The third-order valence-corrected chi connectivity index (χ3v) is 3.10. The summed E-state index contributed by atoms with van der Waals surface area (Å²) in [6, 6.07) is 5.32. The number of rotatable bonds is 2. The van der Waals surface area contributed by atoms with Gasteiger partial charge in [-0.3, -0.25) is 0 Å². The SMILES string of the molecule is Cc1ccc(C(C)n2cc[nH]c2=S)cc1F. The molecule has 0 saturated carbocycles. The van der Waals surface area contributed by atoms with Crippen molar-refractivity contribution >= 4 is 12.2 Å². The van der Waals surface area contributed by atoms with E-state index in [-0.39, 0.29) is 11.9 Å². The second-order valence-corrected chi connectivity index (χ2v) is 4.24. The number of aromatic amines is 1. The first-order valence-electron chi connectivity index (χ1n) is 5.11. The molecule has 2 nitrogen and oxygen atoms in total. The van der Waals surface area contributed by atoms with Gasteiger partial charge < -0.3 is 9.55 Å². The fourth-order valence-electron chi connectivity index (χ4n) is 1.67. The van der Waals surface area contributed by atoms with E-state index in [1.165, 1.54) is 0 Å². The van der Waals surface area contributed by atoms with Gasteiger partial charge in [-0.25, -0.2) is 4.39 Å².